The van der Waals surface area contributed by atoms with E-state index in [9.17, 15) is 18.0 Å². The Balaban J connectivity index is 2.38. The molecular weight excluding hydrogens is 283 g/mol. The van der Waals surface area contributed by atoms with E-state index in [1.807, 2.05) is 13.8 Å². The van der Waals surface area contributed by atoms with Gasteiger partial charge in [0, 0.05) is 18.3 Å². The lowest BCUT2D eigenvalue weighted by Crippen LogP contribution is -2.07. The average molecular weight is 297 g/mol. The number of alkyl halides is 3. The van der Waals surface area contributed by atoms with Crippen LogP contribution in [0.25, 0.3) is 5.82 Å². The molecule has 0 N–H and O–H groups in total. The van der Waals surface area contributed by atoms with E-state index in [0.29, 0.717) is 17.5 Å². The highest BCUT2D eigenvalue weighted by Gasteiger charge is 2.30. The fraction of sp³-hybridized carbons (Fsp3) is 0.357. The third kappa shape index (κ3) is 3.12. The van der Waals surface area contributed by atoms with Gasteiger partial charge in [-0.25, -0.2) is 9.67 Å². The number of carbonyl (C=O) groups is 1. The first-order valence-corrected chi connectivity index (χ1v) is 6.45. The Morgan fingerprint density at radius 1 is 1.38 bits per heavy atom. The summed E-state index contributed by atoms with van der Waals surface area (Å²) in [6, 6.07) is 2.16. The SMILES string of the molecule is CCC(C)c1nn(-c2ccc(C(F)(F)F)cn2)cc1C=O. The molecule has 21 heavy (non-hydrogen) atoms. The Kier molecular flexibility index (Phi) is 4.11. The highest BCUT2D eigenvalue weighted by Crippen LogP contribution is 2.29. The summed E-state index contributed by atoms with van der Waals surface area (Å²) in [7, 11) is 0. The topological polar surface area (TPSA) is 47.8 Å². The minimum Gasteiger partial charge on any atom is -0.298 e. The molecule has 2 aromatic rings. The summed E-state index contributed by atoms with van der Waals surface area (Å²) >= 11 is 0. The number of hydrogen-bond donors (Lipinski definition) is 0. The van der Waals surface area contributed by atoms with Crippen molar-refractivity contribution in [2.75, 3.05) is 0 Å². The molecule has 0 radical (unpaired) electrons. The zero-order chi connectivity index (χ0) is 15.6. The fourth-order valence-corrected chi connectivity index (χ4v) is 1.87. The maximum atomic E-state index is 12.5. The van der Waals surface area contributed by atoms with Crippen LogP contribution in [0.4, 0.5) is 13.2 Å². The molecule has 7 heteroatoms. The molecule has 0 spiro atoms. The first-order valence-electron chi connectivity index (χ1n) is 6.45. The van der Waals surface area contributed by atoms with Crippen molar-refractivity contribution >= 4 is 6.29 Å². The van der Waals surface area contributed by atoms with Crippen LogP contribution < -0.4 is 0 Å². The second kappa shape index (κ2) is 5.67. The molecule has 2 heterocycles. The highest BCUT2D eigenvalue weighted by molar-refractivity contribution is 5.76. The second-order valence-corrected chi connectivity index (χ2v) is 4.74. The van der Waals surface area contributed by atoms with Gasteiger partial charge in [-0.05, 0) is 18.6 Å². The minimum absolute atomic E-state index is 0.0842. The zero-order valence-electron chi connectivity index (χ0n) is 11.6. The second-order valence-electron chi connectivity index (χ2n) is 4.74. The van der Waals surface area contributed by atoms with Gasteiger partial charge in [0.25, 0.3) is 0 Å². The van der Waals surface area contributed by atoms with Crippen LogP contribution in [0.15, 0.2) is 24.5 Å². The van der Waals surface area contributed by atoms with Crippen LogP contribution in [0.1, 0.15) is 47.8 Å². The quantitative estimate of drug-likeness (QED) is 0.810. The number of hydrogen-bond acceptors (Lipinski definition) is 3. The van der Waals surface area contributed by atoms with Gasteiger partial charge in [0.15, 0.2) is 12.1 Å². The largest absolute Gasteiger partial charge is 0.417 e. The highest BCUT2D eigenvalue weighted by atomic mass is 19.4. The van der Waals surface area contributed by atoms with Gasteiger partial charge >= 0.3 is 6.18 Å². The zero-order valence-corrected chi connectivity index (χ0v) is 11.6. The van der Waals surface area contributed by atoms with Gasteiger partial charge in [-0.15, -0.1) is 0 Å². The number of nitrogens with zero attached hydrogens (tertiary/aromatic N) is 3. The normalized spacial score (nSPS) is 13.2. The van der Waals surface area contributed by atoms with Crippen LogP contribution in [0, 0.1) is 0 Å². The van der Waals surface area contributed by atoms with Gasteiger partial charge in [-0.1, -0.05) is 13.8 Å². The maximum Gasteiger partial charge on any atom is 0.417 e. The van der Waals surface area contributed by atoms with Crippen LogP contribution in [0.2, 0.25) is 0 Å². The Hall–Kier alpha value is -2.18. The lowest BCUT2D eigenvalue weighted by molar-refractivity contribution is -0.137. The molecule has 0 bridgehead atoms. The van der Waals surface area contributed by atoms with Gasteiger partial charge in [0.2, 0.25) is 0 Å². The van der Waals surface area contributed by atoms with Crippen molar-refractivity contribution in [1.29, 1.82) is 0 Å². The summed E-state index contributed by atoms with van der Waals surface area (Å²) < 4.78 is 38.8. The van der Waals surface area contributed by atoms with E-state index < -0.39 is 11.7 Å². The number of pyridine rings is 1. The summed E-state index contributed by atoms with van der Waals surface area (Å²) in [4.78, 5) is 14.8. The summed E-state index contributed by atoms with van der Waals surface area (Å²) in [6.07, 6.45) is -0.705. The minimum atomic E-state index is -4.43. The van der Waals surface area contributed by atoms with Crippen LogP contribution in [0.3, 0.4) is 0 Å². The maximum absolute atomic E-state index is 12.5. The van der Waals surface area contributed by atoms with E-state index in [4.69, 9.17) is 0 Å². The summed E-state index contributed by atoms with van der Waals surface area (Å²) in [5.41, 5.74) is 0.219. The Morgan fingerprint density at radius 2 is 2.10 bits per heavy atom. The molecule has 2 aromatic heterocycles. The van der Waals surface area contributed by atoms with Crippen LogP contribution in [0.5, 0.6) is 0 Å². The molecule has 1 unspecified atom stereocenters. The molecule has 0 aliphatic rings. The Morgan fingerprint density at radius 3 is 2.57 bits per heavy atom. The molecule has 0 amide bonds. The molecule has 0 aromatic carbocycles. The van der Waals surface area contributed by atoms with Crippen molar-refractivity contribution < 1.29 is 18.0 Å². The molecule has 0 fully saturated rings. The van der Waals surface area contributed by atoms with Gasteiger partial charge in [0.1, 0.15) is 0 Å². The number of rotatable bonds is 4. The average Bonchev–Trinajstić information content (AvgIpc) is 2.90. The predicted molar refractivity (Wildman–Crippen MR) is 70.5 cm³/mol. The Labute approximate surface area is 119 Å². The van der Waals surface area contributed by atoms with Crippen LogP contribution >= 0.6 is 0 Å². The van der Waals surface area contributed by atoms with Gasteiger partial charge in [0.05, 0.1) is 16.8 Å². The summed E-state index contributed by atoms with van der Waals surface area (Å²) in [5.74, 6) is 0.321. The van der Waals surface area contributed by atoms with E-state index in [-0.39, 0.29) is 11.7 Å². The molecule has 0 aliphatic carbocycles. The van der Waals surface area contributed by atoms with Gasteiger partial charge in [-0.3, -0.25) is 4.79 Å². The van der Waals surface area contributed by atoms with Gasteiger partial charge < -0.3 is 0 Å². The molecule has 0 saturated carbocycles. The third-order valence-corrected chi connectivity index (χ3v) is 3.29. The van der Waals surface area contributed by atoms with Crippen molar-refractivity contribution in [2.45, 2.75) is 32.4 Å². The van der Waals surface area contributed by atoms with Crippen molar-refractivity contribution in [3.63, 3.8) is 0 Å². The molecule has 1 atom stereocenters. The third-order valence-electron chi connectivity index (χ3n) is 3.29. The van der Waals surface area contributed by atoms with Crippen LogP contribution in [-0.4, -0.2) is 21.1 Å². The predicted octanol–water partition coefficient (Wildman–Crippen LogP) is 3.61. The molecule has 0 saturated heterocycles. The van der Waals surface area contributed by atoms with Crippen molar-refractivity contribution in [3.05, 3.63) is 41.3 Å². The molecule has 112 valence electrons. The lowest BCUT2D eigenvalue weighted by atomic mass is 10.0. The van der Waals surface area contributed by atoms with Crippen molar-refractivity contribution in [2.24, 2.45) is 0 Å². The van der Waals surface area contributed by atoms with E-state index >= 15 is 0 Å². The number of aldehydes is 1. The lowest BCUT2D eigenvalue weighted by Gasteiger charge is -2.07. The standard InChI is InChI=1S/C14H14F3N3O/c1-3-9(2)13-10(8-21)7-20(19-13)12-5-4-11(6-18-12)14(15,16)17/h4-9H,3H2,1-2H3. The summed E-state index contributed by atoms with van der Waals surface area (Å²) in [5, 5.41) is 4.26. The smallest absolute Gasteiger partial charge is 0.298 e. The van der Waals surface area contributed by atoms with E-state index in [0.717, 1.165) is 18.7 Å². The Bertz CT molecular complexity index is 632. The van der Waals surface area contributed by atoms with Crippen LogP contribution in [-0.2, 0) is 6.18 Å². The monoisotopic (exact) mass is 297 g/mol. The molecule has 4 nitrogen and oxygen atoms in total. The fourth-order valence-electron chi connectivity index (χ4n) is 1.87. The number of halogens is 3. The first-order chi connectivity index (χ1) is 9.86. The van der Waals surface area contributed by atoms with E-state index in [1.165, 1.54) is 16.9 Å². The van der Waals surface area contributed by atoms with E-state index in [2.05, 4.69) is 10.1 Å². The molecular formula is C14H14F3N3O. The molecule has 2 rings (SSSR count). The van der Waals surface area contributed by atoms with Gasteiger partial charge in [-0.2, -0.15) is 18.3 Å². The summed E-state index contributed by atoms with van der Waals surface area (Å²) in [6.45, 7) is 3.90. The van der Waals surface area contributed by atoms with Crippen molar-refractivity contribution in [1.82, 2.24) is 14.8 Å². The number of aromatic nitrogens is 3. The first kappa shape index (κ1) is 15.2. The van der Waals surface area contributed by atoms with Crippen molar-refractivity contribution in [3.8, 4) is 5.82 Å². The van der Waals surface area contributed by atoms with E-state index in [1.54, 1.807) is 0 Å². The molecule has 0 aliphatic heterocycles. The number of carbonyl (C=O) groups excluding carboxylic acids is 1.